The van der Waals surface area contributed by atoms with E-state index >= 15 is 0 Å². The largest absolute Gasteiger partial charge is 0.455 e. The van der Waals surface area contributed by atoms with E-state index in [1.807, 2.05) is 0 Å². The Hall–Kier alpha value is -2.87. The summed E-state index contributed by atoms with van der Waals surface area (Å²) in [6, 6.07) is 3.48. The molecule has 3 aromatic rings. The van der Waals surface area contributed by atoms with Crippen LogP contribution in [0.25, 0.3) is 0 Å². The van der Waals surface area contributed by atoms with Crippen LogP contribution in [0.3, 0.4) is 0 Å². The second-order valence-electron chi connectivity index (χ2n) is 5.57. The average Bonchev–Trinajstić information content (AvgIpc) is 3.28. The molecule has 0 unspecified atom stereocenters. The Bertz CT molecular complexity index is 726. The minimum absolute atomic E-state index is 0.166. The number of hydrogen-bond donors (Lipinski definition) is 0. The maximum Gasteiger partial charge on any atom is 0.289 e. The highest BCUT2D eigenvalue weighted by atomic mass is 16.4. The number of nitrogens with zero attached hydrogens (tertiary/aromatic N) is 4. The molecule has 0 bridgehead atoms. The quantitative estimate of drug-likeness (QED) is 0.656. The van der Waals surface area contributed by atoms with Gasteiger partial charge in [-0.1, -0.05) is 0 Å². The molecule has 24 heavy (non-hydrogen) atoms. The van der Waals surface area contributed by atoms with Crippen LogP contribution in [0.1, 0.15) is 27.7 Å². The van der Waals surface area contributed by atoms with Gasteiger partial charge in [-0.3, -0.25) is 9.69 Å². The molecule has 0 N–H and O–H groups in total. The van der Waals surface area contributed by atoms with E-state index in [1.54, 1.807) is 38.8 Å². The number of hydrogen-bond acceptors (Lipinski definition) is 7. The summed E-state index contributed by atoms with van der Waals surface area (Å²) >= 11 is 0. The number of rotatable bonds is 7. The summed E-state index contributed by atoms with van der Waals surface area (Å²) in [5.74, 6) is 0.839. The van der Waals surface area contributed by atoms with Crippen molar-refractivity contribution in [1.82, 2.24) is 19.8 Å². The zero-order chi connectivity index (χ0) is 16.9. The van der Waals surface area contributed by atoms with Crippen molar-refractivity contribution in [3.8, 4) is 0 Å². The fourth-order valence-electron chi connectivity index (χ4n) is 2.28. The first kappa shape index (κ1) is 16.0. The Balaban J connectivity index is 1.72. The highest BCUT2D eigenvalue weighted by Gasteiger charge is 2.16. The van der Waals surface area contributed by atoms with Crippen molar-refractivity contribution in [2.75, 3.05) is 14.1 Å². The second-order valence-corrected chi connectivity index (χ2v) is 5.57. The van der Waals surface area contributed by atoms with Gasteiger partial charge in [-0.25, -0.2) is 9.97 Å². The van der Waals surface area contributed by atoms with Gasteiger partial charge in [-0.15, -0.1) is 0 Å². The molecule has 0 aromatic carbocycles. The third kappa shape index (κ3) is 3.90. The third-order valence-electron chi connectivity index (χ3n) is 3.40. The van der Waals surface area contributed by atoms with Gasteiger partial charge in [-0.05, 0) is 12.1 Å². The Kier molecular flexibility index (Phi) is 4.76. The fraction of sp³-hybridized carbons (Fsp3) is 0.312. The van der Waals surface area contributed by atoms with Crippen LogP contribution in [0.4, 0.5) is 0 Å². The molecule has 0 spiro atoms. The molecule has 0 atom stereocenters. The summed E-state index contributed by atoms with van der Waals surface area (Å²) in [5, 5.41) is 0. The normalized spacial score (nSPS) is 11.1. The summed E-state index contributed by atoms with van der Waals surface area (Å²) in [6.45, 7) is 1.61. The minimum Gasteiger partial charge on any atom is -0.455 e. The Morgan fingerprint density at radius 3 is 2.12 bits per heavy atom. The highest BCUT2D eigenvalue weighted by molar-refractivity contribution is 5.91. The maximum absolute atomic E-state index is 11.9. The summed E-state index contributed by atoms with van der Waals surface area (Å²) < 4.78 is 15.7. The minimum atomic E-state index is -0.166. The van der Waals surface area contributed by atoms with Gasteiger partial charge in [0, 0.05) is 27.2 Å². The van der Waals surface area contributed by atoms with Crippen molar-refractivity contribution in [3.05, 3.63) is 60.4 Å². The smallest absolute Gasteiger partial charge is 0.289 e. The van der Waals surface area contributed by atoms with Crippen LogP contribution in [-0.2, 0) is 19.6 Å². The number of furan rings is 1. The van der Waals surface area contributed by atoms with Gasteiger partial charge in [0.2, 0.25) is 0 Å². The lowest BCUT2D eigenvalue weighted by Gasteiger charge is -2.18. The Labute approximate surface area is 138 Å². The van der Waals surface area contributed by atoms with Crippen LogP contribution in [0, 0.1) is 0 Å². The standard InChI is InChI=1S/C16H18N4O4/c1-19(2)16(21)15-4-3-14(24-15)7-20(5-12-8-22-10-17-12)6-13-9-23-11-18-13/h3-4,8-11H,5-7H2,1-2H3. The summed E-state index contributed by atoms with van der Waals surface area (Å²) in [5.41, 5.74) is 1.60. The highest BCUT2D eigenvalue weighted by Crippen LogP contribution is 2.16. The fourth-order valence-corrected chi connectivity index (χ4v) is 2.28. The molecule has 0 aliphatic heterocycles. The molecular weight excluding hydrogens is 312 g/mol. The number of amides is 1. The molecule has 3 heterocycles. The monoisotopic (exact) mass is 330 g/mol. The predicted molar refractivity (Wildman–Crippen MR) is 82.7 cm³/mol. The van der Waals surface area contributed by atoms with Crippen molar-refractivity contribution in [1.29, 1.82) is 0 Å². The summed E-state index contributed by atoms with van der Waals surface area (Å²) in [6.07, 6.45) is 5.98. The van der Waals surface area contributed by atoms with Crippen molar-refractivity contribution >= 4 is 5.91 Å². The molecule has 126 valence electrons. The zero-order valence-electron chi connectivity index (χ0n) is 13.5. The number of aromatic nitrogens is 2. The molecule has 0 aliphatic rings. The van der Waals surface area contributed by atoms with E-state index in [0.717, 1.165) is 11.4 Å². The lowest BCUT2D eigenvalue weighted by atomic mass is 10.3. The molecule has 8 nitrogen and oxygen atoms in total. The lowest BCUT2D eigenvalue weighted by molar-refractivity contribution is 0.0792. The number of oxazole rings is 2. The Morgan fingerprint density at radius 1 is 1.00 bits per heavy atom. The molecule has 0 saturated carbocycles. The van der Waals surface area contributed by atoms with Gasteiger partial charge in [0.25, 0.3) is 5.91 Å². The first-order valence-corrected chi connectivity index (χ1v) is 7.38. The van der Waals surface area contributed by atoms with Crippen molar-refractivity contribution in [2.24, 2.45) is 0 Å². The van der Waals surface area contributed by atoms with Crippen LogP contribution in [0.15, 0.2) is 50.7 Å². The molecule has 8 heteroatoms. The Morgan fingerprint density at radius 2 is 1.62 bits per heavy atom. The van der Waals surface area contributed by atoms with Crippen LogP contribution >= 0.6 is 0 Å². The molecule has 0 radical (unpaired) electrons. The lowest BCUT2D eigenvalue weighted by Crippen LogP contribution is -2.23. The topological polar surface area (TPSA) is 88.8 Å². The predicted octanol–water partition coefficient (Wildman–Crippen LogP) is 2.16. The molecule has 3 aromatic heterocycles. The van der Waals surface area contributed by atoms with E-state index in [0.29, 0.717) is 31.2 Å². The average molecular weight is 330 g/mol. The van der Waals surface area contributed by atoms with E-state index in [4.69, 9.17) is 13.3 Å². The first-order chi connectivity index (χ1) is 11.6. The molecule has 0 fully saturated rings. The zero-order valence-corrected chi connectivity index (χ0v) is 13.5. The molecule has 0 saturated heterocycles. The number of carbonyl (C=O) groups excluding carboxylic acids is 1. The van der Waals surface area contributed by atoms with Gasteiger partial charge in [0.1, 0.15) is 18.3 Å². The van der Waals surface area contributed by atoms with Crippen molar-refractivity contribution < 1.29 is 18.0 Å². The van der Waals surface area contributed by atoms with E-state index in [-0.39, 0.29) is 5.91 Å². The van der Waals surface area contributed by atoms with E-state index in [2.05, 4.69) is 14.9 Å². The van der Waals surface area contributed by atoms with E-state index in [1.165, 1.54) is 17.7 Å². The van der Waals surface area contributed by atoms with Gasteiger partial charge in [0.15, 0.2) is 18.5 Å². The third-order valence-corrected chi connectivity index (χ3v) is 3.40. The molecule has 3 rings (SSSR count). The van der Waals surface area contributed by atoms with Crippen LogP contribution in [0.5, 0.6) is 0 Å². The maximum atomic E-state index is 11.9. The second kappa shape index (κ2) is 7.14. The first-order valence-electron chi connectivity index (χ1n) is 7.38. The van der Waals surface area contributed by atoms with Gasteiger partial charge >= 0.3 is 0 Å². The van der Waals surface area contributed by atoms with Crippen LogP contribution in [0.2, 0.25) is 0 Å². The molecule has 0 aliphatic carbocycles. The molecule has 1 amide bonds. The SMILES string of the molecule is CN(C)C(=O)c1ccc(CN(Cc2cocn2)Cc2cocn2)o1. The van der Waals surface area contributed by atoms with E-state index in [9.17, 15) is 4.79 Å². The van der Waals surface area contributed by atoms with Crippen LogP contribution < -0.4 is 0 Å². The van der Waals surface area contributed by atoms with Gasteiger partial charge in [-0.2, -0.15) is 0 Å². The van der Waals surface area contributed by atoms with Crippen LogP contribution in [-0.4, -0.2) is 39.8 Å². The van der Waals surface area contributed by atoms with E-state index < -0.39 is 0 Å². The molecular formula is C16H18N4O4. The van der Waals surface area contributed by atoms with Crippen molar-refractivity contribution in [2.45, 2.75) is 19.6 Å². The van der Waals surface area contributed by atoms with Crippen molar-refractivity contribution in [3.63, 3.8) is 0 Å². The number of carbonyl (C=O) groups is 1. The summed E-state index contributed by atoms with van der Waals surface area (Å²) in [4.78, 5) is 23.8. The van der Waals surface area contributed by atoms with Gasteiger partial charge < -0.3 is 18.2 Å². The summed E-state index contributed by atoms with van der Waals surface area (Å²) in [7, 11) is 3.37. The van der Waals surface area contributed by atoms with Gasteiger partial charge in [0.05, 0.1) is 17.9 Å².